The summed E-state index contributed by atoms with van der Waals surface area (Å²) >= 11 is 1.34. The molecule has 11 heteroatoms. The van der Waals surface area contributed by atoms with Gasteiger partial charge in [0.15, 0.2) is 11.5 Å². The summed E-state index contributed by atoms with van der Waals surface area (Å²) in [7, 11) is 1.45. The molecule has 0 radical (unpaired) electrons. The summed E-state index contributed by atoms with van der Waals surface area (Å²) in [6.07, 6.45) is -3.28. The number of carbonyl (C=O) groups excluding carboxylic acids is 1. The fraction of sp³-hybridized carbons (Fsp3) is 0.389. The zero-order valence-corrected chi connectivity index (χ0v) is 17.0. The van der Waals surface area contributed by atoms with Crippen LogP contribution in [-0.4, -0.2) is 33.9 Å². The highest BCUT2D eigenvalue weighted by atomic mass is 32.2. The van der Waals surface area contributed by atoms with Crippen LogP contribution in [0.15, 0.2) is 23.2 Å². The molecule has 2 N–H and O–H groups in total. The van der Waals surface area contributed by atoms with Crippen molar-refractivity contribution in [2.75, 3.05) is 23.4 Å². The Bertz CT molecular complexity index is 956. The number of thioether (sulfide) groups is 1. The topological polar surface area (TPSA) is 104 Å². The molecule has 1 amide bonds. The molecular formula is C18H19F3N6OS. The molecule has 0 unspecified atom stereocenters. The first-order chi connectivity index (χ1) is 13.5. The van der Waals surface area contributed by atoms with Gasteiger partial charge in [0.2, 0.25) is 0 Å². The molecule has 0 bridgehead atoms. The van der Waals surface area contributed by atoms with Crippen LogP contribution in [-0.2, 0) is 11.6 Å². The molecule has 0 aliphatic rings. The average Bonchev–Trinajstić information content (AvgIpc) is 2.67. The number of nitrogens with one attached hydrogen (secondary N) is 2. The highest BCUT2D eigenvalue weighted by Crippen LogP contribution is 2.32. The number of amides is 1. The second-order valence-corrected chi connectivity index (χ2v) is 7.74. The highest BCUT2D eigenvalue weighted by Gasteiger charge is 2.34. The minimum absolute atomic E-state index is 0.0155. The van der Waals surface area contributed by atoms with Crippen molar-refractivity contribution in [3.05, 3.63) is 35.3 Å². The van der Waals surface area contributed by atoms with Crippen LogP contribution in [0.25, 0.3) is 0 Å². The molecule has 2 aromatic rings. The number of hydrogen-bond acceptors (Lipinski definition) is 7. The lowest BCUT2D eigenvalue weighted by atomic mass is 9.87. The molecule has 0 spiro atoms. The van der Waals surface area contributed by atoms with E-state index < -0.39 is 23.2 Å². The van der Waals surface area contributed by atoms with E-state index in [0.717, 1.165) is 0 Å². The highest BCUT2D eigenvalue weighted by molar-refractivity contribution is 7.99. The van der Waals surface area contributed by atoms with Crippen molar-refractivity contribution in [3.63, 3.8) is 0 Å². The molecule has 7 nitrogen and oxygen atoms in total. The Morgan fingerprint density at radius 3 is 2.52 bits per heavy atom. The van der Waals surface area contributed by atoms with Gasteiger partial charge in [0, 0.05) is 18.1 Å². The largest absolute Gasteiger partial charge is 0.435 e. The van der Waals surface area contributed by atoms with Crippen LogP contribution < -0.4 is 10.6 Å². The van der Waals surface area contributed by atoms with Crippen LogP contribution in [0, 0.1) is 11.3 Å². The van der Waals surface area contributed by atoms with Gasteiger partial charge in [-0.2, -0.15) is 18.4 Å². The SMILES string of the molecule is CCSc1cc(C(C)(C)C#N)cnc1C(=O)Nc1cc(C(F)(F)F)nnc1NC. The van der Waals surface area contributed by atoms with Crippen molar-refractivity contribution in [1.82, 2.24) is 15.2 Å². The molecule has 2 rings (SSSR count). The van der Waals surface area contributed by atoms with E-state index in [-0.39, 0.29) is 17.2 Å². The van der Waals surface area contributed by atoms with E-state index in [1.165, 1.54) is 25.0 Å². The summed E-state index contributed by atoms with van der Waals surface area (Å²) in [5.74, 6) is -0.0759. The third-order valence-electron chi connectivity index (χ3n) is 3.94. The number of rotatable bonds is 6. The number of anilines is 2. The van der Waals surface area contributed by atoms with Crippen LogP contribution in [0.5, 0.6) is 0 Å². The van der Waals surface area contributed by atoms with Crippen LogP contribution in [0.3, 0.4) is 0 Å². The van der Waals surface area contributed by atoms with E-state index in [0.29, 0.717) is 22.3 Å². The van der Waals surface area contributed by atoms with Gasteiger partial charge in [-0.1, -0.05) is 6.92 Å². The Labute approximate surface area is 170 Å². The summed E-state index contributed by atoms with van der Waals surface area (Å²) in [5.41, 5.74) is -1.53. The lowest BCUT2D eigenvalue weighted by Gasteiger charge is -2.18. The van der Waals surface area contributed by atoms with Crippen molar-refractivity contribution < 1.29 is 18.0 Å². The van der Waals surface area contributed by atoms with Crippen LogP contribution in [0.2, 0.25) is 0 Å². The Kier molecular flexibility index (Phi) is 6.69. The predicted octanol–water partition coefficient (Wildman–Crippen LogP) is 4.10. The monoisotopic (exact) mass is 424 g/mol. The number of carbonyl (C=O) groups is 1. The summed E-state index contributed by atoms with van der Waals surface area (Å²) < 4.78 is 38.8. The molecular weight excluding hydrogens is 405 g/mol. The van der Waals surface area contributed by atoms with Crippen LogP contribution in [0.4, 0.5) is 24.7 Å². The van der Waals surface area contributed by atoms with Crippen molar-refractivity contribution >= 4 is 29.2 Å². The summed E-state index contributed by atoms with van der Waals surface area (Å²) in [4.78, 5) is 17.5. The number of halogens is 3. The fourth-order valence-corrected chi connectivity index (χ4v) is 3.08. The lowest BCUT2D eigenvalue weighted by Crippen LogP contribution is -2.20. The summed E-state index contributed by atoms with van der Waals surface area (Å²) in [6, 6.07) is 4.57. The third-order valence-corrected chi connectivity index (χ3v) is 4.85. The number of hydrogen-bond donors (Lipinski definition) is 2. The number of nitriles is 1. The zero-order valence-electron chi connectivity index (χ0n) is 16.2. The van der Waals surface area contributed by atoms with Gasteiger partial charge in [0.05, 0.1) is 17.2 Å². The molecule has 0 aromatic carbocycles. The van der Waals surface area contributed by atoms with Gasteiger partial charge in [-0.25, -0.2) is 4.98 Å². The van der Waals surface area contributed by atoms with E-state index >= 15 is 0 Å². The maximum absolute atomic E-state index is 12.9. The quantitative estimate of drug-likeness (QED) is 0.673. The third kappa shape index (κ3) is 5.14. The van der Waals surface area contributed by atoms with Gasteiger partial charge in [-0.15, -0.1) is 22.0 Å². The Morgan fingerprint density at radius 1 is 1.28 bits per heavy atom. The second kappa shape index (κ2) is 8.65. The summed E-state index contributed by atoms with van der Waals surface area (Å²) in [5, 5.41) is 20.9. The Hall–Kier alpha value is -2.87. The average molecular weight is 424 g/mol. The number of pyridine rings is 1. The smallest absolute Gasteiger partial charge is 0.370 e. The van der Waals surface area contributed by atoms with Gasteiger partial charge in [-0.05, 0) is 37.3 Å². The number of nitrogens with zero attached hydrogens (tertiary/aromatic N) is 4. The Balaban J connectivity index is 2.44. The van der Waals surface area contributed by atoms with Gasteiger partial charge in [0.25, 0.3) is 5.91 Å². The molecule has 0 aliphatic heterocycles. The van der Waals surface area contributed by atoms with E-state index in [1.807, 2.05) is 6.92 Å². The molecule has 154 valence electrons. The van der Waals surface area contributed by atoms with Crippen LogP contribution in [0.1, 0.15) is 42.5 Å². The molecule has 29 heavy (non-hydrogen) atoms. The van der Waals surface area contributed by atoms with E-state index in [1.54, 1.807) is 19.9 Å². The molecule has 0 saturated carbocycles. The maximum atomic E-state index is 12.9. The minimum atomic E-state index is -4.70. The van der Waals surface area contributed by atoms with Crippen molar-refractivity contribution in [2.45, 2.75) is 37.3 Å². The first kappa shape index (κ1) is 22.4. The first-order valence-electron chi connectivity index (χ1n) is 8.52. The van der Waals surface area contributed by atoms with Crippen molar-refractivity contribution in [2.24, 2.45) is 0 Å². The van der Waals surface area contributed by atoms with Gasteiger partial charge < -0.3 is 10.6 Å². The minimum Gasteiger partial charge on any atom is -0.370 e. The zero-order chi connectivity index (χ0) is 21.8. The van der Waals surface area contributed by atoms with Gasteiger partial charge >= 0.3 is 6.18 Å². The lowest BCUT2D eigenvalue weighted by molar-refractivity contribution is -0.141. The van der Waals surface area contributed by atoms with E-state index in [2.05, 4.69) is 31.9 Å². The van der Waals surface area contributed by atoms with E-state index in [4.69, 9.17) is 0 Å². The van der Waals surface area contributed by atoms with Crippen molar-refractivity contribution in [1.29, 1.82) is 5.26 Å². The second-order valence-electron chi connectivity index (χ2n) is 6.43. The van der Waals surface area contributed by atoms with Gasteiger partial charge in [0.1, 0.15) is 5.69 Å². The normalized spacial score (nSPS) is 11.7. The molecule has 2 aromatic heterocycles. The first-order valence-corrected chi connectivity index (χ1v) is 9.50. The molecule has 0 aliphatic carbocycles. The van der Waals surface area contributed by atoms with Crippen molar-refractivity contribution in [3.8, 4) is 6.07 Å². The molecule has 0 saturated heterocycles. The summed E-state index contributed by atoms with van der Waals surface area (Å²) in [6.45, 7) is 5.34. The van der Waals surface area contributed by atoms with Gasteiger partial charge in [-0.3, -0.25) is 4.79 Å². The standard InChI is InChI=1S/C18H19F3N6OS/c1-5-29-12-6-10(17(2,3)9-22)8-24-14(12)16(28)25-11-7-13(18(19,20)21)26-27-15(11)23-4/h6-8H,5H2,1-4H3,(H,23,27)(H,25,26,28). The molecule has 0 atom stereocenters. The maximum Gasteiger partial charge on any atom is 0.435 e. The van der Waals surface area contributed by atoms with E-state index in [9.17, 15) is 23.2 Å². The van der Waals surface area contributed by atoms with Crippen LogP contribution >= 0.6 is 11.8 Å². The predicted molar refractivity (Wildman–Crippen MR) is 104 cm³/mol. The Morgan fingerprint density at radius 2 is 1.97 bits per heavy atom. The fourth-order valence-electron chi connectivity index (χ4n) is 2.28. The number of alkyl halides is 3. The number of aromatic nitrogens is 3. The molecule has 2 heterocycles. The molecule has 0 fully saturated rings.